The van der Waals surface area contributed by atoms with Gasteiger partial charge in [-0.2, -0.15) is 0 Å². The van der Waals surface area contributed by atoms with Gasteiger partial charge < -0.3 is 14.8 Å². The molecule has 0 saturated carbocycles. The molecule has 3 aromatic carbocycles. The second kappa shape index (κ2) is 14.0. The Labute approximate surface area is 291 Å². The molecule has 0 bridgehead atoms. The molecular formula is C34H32Cl3IN2O3S. The molecule has 10 heteroatoms. The van der Waals surface area contributed by atoms with Crippen LogP contribution in [0.1, 0.15) is 59.1 Å². The van der Waals surface area contributed by atoms with Gasteiger partial charge in [0.25, 0.3) is 5.91 Å². The van der Waals surface area contributed by atoms with E-state index in [1.807, 2.05) is 18.2 Å². The molecule has 44 heavy (non-hydrogen) atoms. The molecule has 1 aliphatic rings. The quantitative estimate of drug-likeness (QED) is 0.143. The van der Waals surface area contributed by atoms with E-state index in [-0.39, 0.29) is 17.9 Å². The third-order valence-electron chi connectivity index (χ3n) is 7.77. The van der Waals surface area contributed by atoms with Crippen molar-refractivity contribution in [1.29, 1.82) is 0 Å². The highest BCUT2D eigenvalue weighted by Crippen LogP contribution is 2.45. The number of hydrogen-bond donors (Lipinski definition) is 1. The van der Waals surface area contributed by atoms with Gasteiger partial charge in [0.05, 0.1) is 16.2 Å². The zero-order chi connectivity index (χ0) is 31.6. The Kier molecular flexibility index (Phi) is 10.5. The number of nitrogens with zero attached hydrogens (tertiary/aromatic N) is 1. The molecule has 5 rings (SSSR count). The molecule has 0 saturated heterocycles. The molecule has 1 atom stereocenters. The number of methoxy groups -OCH3 is 1. The van der Waals surface area contributed by atoms with Crippen molar-refractivity contribution in [2.24, 2.45) is 16.3 Å². The second-order valence-corrected chi connectivity index (χ2v) is 15.3. The van der Waals surface area contributed by atoms with E-state index in [4.69, 9.17) is 49.3 Å². The van der Waals surface area contributed by atoms with Gasteiger partial charge in [0.2, 0.25) is 0 Å². The van der Waals surface area contributed by atoms with Crippen molar-refractivity contribution in [2.45, 2.75) is 46.6 Å². The van der Waals surface area contributed by atoms with Crippen LogP contribution in [0.4, 0.5) is 10.7 Å². The summed E-state index contributed by atoms with van der Waals surface area (Å²) in [6.07, 6.45) is 4.61. The molecule has 230 valence electrons. The summed E-state index contributed by atoms with van der Waals surface area (Å²) in [6, 6.07) is 16.3. The Morgan fingerprint density at radius 1 is 1.09 bits per heavy atom. The summed E-state index contributed by atoms with van der Waals surface area (Å²) >= 11 is 22.3. The fraction of sp³-hybridized carbons (Fsp3) is 0.294. The van der Waals surface area contributed by atoms with Crippen LogP contribution in [0.5, 0.6) is 11.5 Å². The topological polar surface area (TPSA) is 59.9 Å². The lowest BCUT2D eigenvalue weighted by atomic mass is 9.72. The number of thiophene rings is 1. The molecule has 5 nitrogen and oxygen atoms in total. The molecule has 0 radical (unpaired) electrons. The minimum Gasteiger partial charge on any atom is -0.493 e. The SMILES string of the molecule is COc1cc(C=Nc2sc3c(c2C(=O)Nc2ccc(Cl)cc2)CC[C@H](C(C)(C)C)C3)cc(I)c1OCc1ccc(Cl)cc1Cl. The molecular weight excluding hydrogens is 750 g/mol. The van der Waals surface area contributed by atoms with Crippen LogP contribution in [0.25, 0.3) is 0 Å². The highest BCUT2D eigenvalue weighted by atomic mass is 127. The van der Waals surface area contributed by atoms with Crippen molar-refractivity contribution in [2.75, 3.05) is 12.4 Å². The van der Waals surface area contributed by atoms with Crippen LogP contribution in [-0.2, 0) is 19.4 Å². The van der Waals surface area contributed by atoms with E-state index >= 15 is 0 Å². The molecule has 1 amide bonds. The van der Waals surface area contributed by atoms with E-state index in [0.29, 0.717) is 48.7 Å². The summed E-state index contributed by atoms with van der Waals surface area (Å²) in [4.78, 5) is 19.8. The van der Waals surface area contributed by atoms with Gasteiger partial charge in [-0.1, -0.05) is 61.6 Å². The van der Waals surface area contributed by atoms with Gasteiger partial charge in [0.1, 0.15) is 11.6 Å². The number of anilines is 1. The van der Waals surface area contributed by atoms with Crippen molar-refractivity contribution in [1.82, 2.24) is 0 Å². The lowest BCUT2D eigenvalue weighted by Crippen LogP contribution is -2.27. The Bertz CT molecular complexity index is 1710. The van der Waals surface area contributed by atoms with Gasteiger partial charge in [-0.3, -0.25) is 4.79 Å². The molecule has 0 unspecified atom stereocenters. The molecule has 1 aromatic heterocycles. The first-order valence-corrected chi connectivity index (χ1v) is 17.2. The van der Waals surface area contributed by atoms with Crippen LogP contribution in [0.2, 0.25) is 15.1 Å². The van der Waals surface area contributed by atoms with Gasteiger partial charge in [0, 0.05) is 37.4 Å². The number of carbonyl (C=O) groups is 1. The molecule has 0 spiro atoms. The number of benzene rings is 3. The number of halogens is 4. The summed E-state index contributed by atoms with van der Waals surface area (Å²) in [6.45, 7) is 7.12. The van der Waals surface area contributed by atoms with E-state index in [1.165, 1.54) is 4.88 Å². The normalized spacial score (nSPS) is 14.9. The van der Waals surface area contributed by atoms with E-state index in [1.54, 1.807) is 61.1 Å². The first kappa shape index (κ1) is 33.1. The number of ether oxygens (including phenoxy) is 2. The maximum Gasteiger partial charge on any atom is 0.259 e. The summed E-state index contributed by atoms with van der Waals surface area (Å²) in [5.74, 6) is 1.56. The Hall–Kier alpha value is -2.30. The fourth-order valence-corrected chi connectivity index (χ4v) is 7.88. The molecule has 0 fully saturated rings. The van der Waals surface area contributed by atoms with Crippen LogP contribution in [-0.4, -0.2) is 19.2 Å². The molecule has 0 aliphatic heterocycles. The van der Waals surface area contributed by atoms with E-state index < -0.39 is 0 Å². The maximum absolute atomic E-state index is 13.7. The third-order valence-corrected chi connectivity index (χ3v) is 10.6. The summed E-state index contributed by atoms with van der Waals surface area (Å²) in [5.41, 5.74) is 4.26. The van der Waals surface area contributed by atoms with Gasteiger partial charge >= 0.3 is 0 Å². The minimum atomic E-state index is -0.164. The van der Waals surface area contributed by atoms with Crippen LogP contribution < -0.4 is 14.8 Å². The van der Waals surface area contributed by atoms with E-state index in [2.05, 4.69) is 48.7 Å². The Balaban J connectivity index is 1.44. The average molecular weight is 782 g/mol. The van der Waals surface area contributed by atoms with Gasteiger partial charge in [-0.05, 0) is 113 Å². The molecule has 1 N–H and O–H groups in total. The second-order valence-electron chi connectivity index (χ2n) is 11.8. The van der Waals surface area contributed by atoms with Gasteiger partial charge in [-0.15, -0.1) is 11.3 Å². The highest BCUT2D eigenvalue weighted by molar-refractivity contribution is 14.1. The number of carbonyl (C=O) groups excluding carboxylic acids is 1. The Morgan fingerprint density at radius 2 is 1.82 bits per heavy atom. The average Bonchev–Trinajstić information content (AvgIpc) is 3.34. The molecule has 1 aliphatic carbocycles. The lowest BCUT2D eigenvalue weighted by Gasteiger charge is -2.33. The standard InChI is InChI=1S/C34H32Cl3IN2O3S/c1-34(2,3)21-6-12-25-29(15-21)44-33(30(25)32(41)40-24-10-8-22(35)9-11-24)39-17-19-13-27(38)31(28(14-19)42-4)43-18-20-5-7-23(36)16-26(20)37/h5,7-11,13-14,16-17,21H,6,12,15,18H2,1-4H3,(H,40,41)/t21-/m0/s1. The van der Waals surface area contributed by atoms with Crippen molar-refractivity contribution >= 4 is 91.5 Å². The number of aliphatic imine (C=N–C) groups is 1. The summed E-state index contributed by atoms with van der Waals surface area (Å²) < 4.78 is 12.7. The fourth-order valence-electron chi connectivity index (χ4n) is 5.24. The first-order chi connectivity index (χ1) is 20.9. The number of fused-ring (bicyclic) bond motifs is 1. The van der Waals surface area contributed by atoms with Crippen molar-refractivity contribution in [3.8, 4) is 11.5 Å². The number of rotatable bonds is 8. The number of nitrogens with one attached hydrogen (secondary N) is 1. The summed E-state index contributed by atoms with van der Waals surface area (Å²) in [7, 11) is 1.60. The molecule has 1 heterocycles. The Morgan fingerprint density at radius 3 is 2.50 bits per heavy atom. The minimum absolute atomic E-state index is 0.164. The molecule has 4 aromatic rings. The lowest BCUT2D eigenvalue weighted by molar-refractivity contribution is 0.102. The van der Waals surface area contributed by atoms with Gasteiger partial charge in [0.15, 0.2) is 11.5 Å². The maximum atomic E-state index is 13.7. The van der Waals surface area contributed by atoms with E-state index in [9.17, 15) is 4.79 Å². The smallest absolute Gasteiger partial charge is 0.259 e. The zero-order valence-electron chi connectivity index (χ0n) is 24.8. The first-order valence-electron chi connectivity index (χ1n) is 14.1. The van der Waals surface area contributed by atoms with Crippen molar-refractivity contribution in [3.63, 3.8) is 0 Å². The van der Waals surface area contributed by atoms with Crippen LogP contribution in [0.3, 0.4) is 0 Å². The highest BCUT2D eigenvalue weighted by Gasteiger charge is 2.33. The predicted molar refractivity (Wildman–Crippen MR) is 192 cm³/mol. The van der Waals surface area contributed by atoms with Crippen LogP contribution in [0.15, 0.2) is 59.6 Å². The largest absolute Gasteiger partial charge is 0.493 e. The van der Waals surface area contributed by atoms with Crippen molar-refractivity contribution in [3.05, 3.63) is 100 Å². The van der Waals surface area contributed by atoms with Crippen molar-refractivity contribution < 1.29 is 14.3 Å². The monoisotopic (exact) mass is 780 g/mol. The van der Waals surface area contributed by atoms with Gasteiger partial charge in [-0.25, -0.2) is 4.99 Å². The van der Waals surface area contributed by atoms with Crippen LogP contribution >= 0.6 is 68.7 Å². The third kappa shape index (κ3) is 7.73. The van der Waals surface area contributed by atoms with E-state index in [0.717, 1.165) is 39.5 Å². The zero-order valence-corrected chi connectivity index (χ0v) is 30.0. The summed E-state index contributed by atoms with van der Waals surface area (Å²) in [5, 5.41) is 5.47. The number of amides is 1. The predicted octanol–water partition coefficient (Wildman–Crippen LogP) is 11.1. The van der Waals surface area contributed by atoms with Crippen LogP contribution in [0, 0.1) is 14.9 Å². The number of hydrogen-bond acceptors (Lipinski definition) is 5.